The number of rotatable bonds is 5. The summed E-state index contributed by atoms with van der Waals surface area (Å²) in [5.74, 6) is 0.812. The molecular formula is C19H30F3N3O2. The van der Waals surface area contributed by atoms with Crippen LogP contribution in [0.5, 0.6) is 0 Å². The van der Waals surface area contributed by atoms with Crippen molar-refractivity contribution in [2.24, 2.45) is 17.3 Å². The Morgan fingerprint density at radius 2 is 1.89 bits per heavy atom. The van der Waals surface area contributed by atoms with Crippen molar-refractivity contribution < 1.29 is 22.7 Å². The average Bonchev–Trinajstić information content (AvgIpc) is 2.95. The molecule has 2 saturated carbocycles. The second-order valence-corrected chi connectivity index (χ2v) is 8.88. The summed E-state index contributed by atoms with van der Waals surface area (Å²) < 4.78 is 43.3. The highest BCUT2D eigenvalue weighted by Gasteiger charge is 2.61. The van der Waals surface area contributed by atoms with Gasteiger partial charge in [0.05, 0.1) is 13.2 Å². The lowest BCUT2D eigenvalue weighted by Crippen LogP contribution is -2.53. The molecule has 4 aliphatic rings. The van der Waals surface area contributed by atoms with E-state index in [0.717, 1.165) is 45.4 Å². The number of halogens is 3. The smallest absolute Gasteiger partial charge is 0.409 e. The SMILES string of the molecule is CCOC(=O)N1CCC2(CC(N3CC4C(N(CC)CC(F)(F)F)[C@H]4C3)C2)C1. The van der Waals surface area contributed by atoms with Gasteiger partial charge in [-0.2, -0.15) is 13.2 Å². The lowest BCUT2D eigenvalue weighted by atomic mass is 9.64. The fourth-order valence-electron chi connectivity index (χ4n) is 5.86. The predicted molar refractivity (Wildman–Crippen MR) is 94.3 cm³/mol. The highest BCUT2D eigenvalue weighted by atomic mass is 19.4. The lowest BCUT2D eigenvalue weighted by Gasteiger charge is -2.49. The van der Waals surface area contributed by atoms with Crippen molar-refractivity contribution in [1.29, 1.82) is 0 Å². The fourth-order valence-corrected chi connectivity index (χ4v) is 5.86. The molecule has 0 aromatic carbocycles. The first kappa shape index (κ1) is 19.3. The first-order chi connectivity index (χ1) is 12.8. The quantitative estimate of drug-likeness (QED) is 0.725. The largest absolute Gasteiger partial charge is 0.450 e. The molecule has 4 rings (SSSR count). The third-order valence-electron chi connectivity index (χ3n) is 7.21. The van der Waals surface area contributed by atoms with Gasteiger partial charge in [-0.15, -0.1) is 0 Å². The van der Waals surface area contributed by atoms with Gasteiger partial charge in [-0.25, -0.2) is 4.79 Å². The number of hydrogen-bond acceptors (Lipinski definition) is 4. The molecule has 5 nitrogen and oxygen atoms in total. The number of alkyl halides is 3. The van der Waals surface area contributed by atoms with E-state index in [9.17, 15) is 18.0 Å². The van der Waals surface area contributed by atoms with Crippen molar-refractivity contribution in [3.05, 3.63) is 0 Å². The van der Waals surface area contributed by atoms with Crippen LogP contribution in [0.3, 0.4) is 0 Å². The van der Waals surface area contributed by atoms with Crippen LogP contribution in [0.2, 0.25) is 0 Å². The Labute approximate surface area is 158 Å². The molecule has 3 atom stereocenters. The lowest BCUT2D eigenvalue weighted by molar-refractivity contribution is -0.148. The Kier molecular flexibility index (Phi) is 4.86. The van der Waals surface area contributed by atoms with Gasteiger partial charge >= 0.3 is 12.3 Å². The zero-order chi connectivity index (χ0) is 19.4. The van der Waals surface area contributed by atoms with E-state index in [4.69, 9.17) is 4.74 Å². The second kappa shape index (κ2) is 6.79. The van der Waals surface area contributed by atoms with Crippen molar-refractivity contribution in [1.82, 2.24) is 14.7 Å². The van der Waals surface area contributed by atoms with Gasteiger partial charge in [0.25, 0.3) is 0 Å². The van der Waals surface area contributed by atoms with Crippen LogP contribution in [0.15, 0.2) is 0 Å². The zero-order valence-corrected chi connectivity index (χ0v) is 16.2. The summed E-state index contributed by atoms with van der Waals surface area (Å²) in [6, 6.07) is 0.658. The molecule has 2 saturated heterocycles. The molecule has 2 unspecified atom stereocenters. The van der Waals surface area contributed by atoms with E-state index in [-0.39, 0.29) is 17.6 Å². The van der Waals surface area contributed by atoms with Crippen molar-refractivity contribution in [3.8, 4) is 0 Å². The third kappa shape index (κ3) is 3.67. The summed E-state index contributed by atoms with van der Waals surface area (Å²) in [7, 11) is 0. The topological polar surface area (TPSA) is 36.0 Å². The van der Waals surface area contributed by atoms with Gasteiger partial charge in [0.2, 0.25) is 0 Å². The van der Waals surface area contributed by atoms with Crippen LogP contribution >= 0.6 is 0 Å². The van der Waals surface area contributed by atoms with Gasteiger partial charge < -0.3 is 9.64 Å². The Morgan fingerprint density at radius 3 is 2.44 bits per heavy atom. The molecule has 0 bridgehead atoms. The summed E-state index contributed by atoms with van der Waals surface area (Å²) in [4.78, 5) is 17.8. The van der Waals surface area contributed by atoms with E-state index >= 15 is 0 Å². The Balaban J connectivity index is 1.23. The van der Waals surface area contributed by atoms with Gasteiger partial charge in [0.15, 0.2) is 0 Å². The Bertz CT molecular complexity index is 567. The molecule has 27 heavy (non-hydrogen) atoms. The average molecular weight is 389 g/mol. The minimum atomic E-state index is -4.11. The molecule has 154 valence electrons. The highest BCUT2D eigenvalue weighted by Crippen LogP contribution is 2.55. The minimum absolute atomic E-state index is 0.118. The molecule has 0 aromatic rings. The summed E-state index contributed by atoms with van der Waals surface area (Å²) in [6.07, 6.45) is -1.06. The van der Waals surface area contributed by atoms with Crippen LogP contribution in [0.4, 0.5) is 18.0 Å². The molecule has 0 radical (unpaired) electrons. The van der Waals surface area contributed by atoms with E-state index in [1.54, 1.807) is 4.90 Å². The molecular weight excluding hydrogens is 359 g/mol. The maximum Gasteiger partial charge on any atom is 0.409 e. The van der Waals surface area contributed by atoms with Crippen molar-refractivity contribution in [2.45, 2.75) is 51.4 Å². The normalized spacial score (nSPS) is 38.4. The van der Waals surface area contributed by atoms with Gasteiger partial charge in [-0.3, -0.25) is 9.80 Å². The summed E-state index contributed by atoms with van der Waals surface area (Å²) in [5, 5.41) is 0. The first-order valence-electron chi connectivity index (χ1n) is 10.2. The Morgan fingerprint density at radius 1 is 1.22 bits per heavy atom. The van der Waals surface area contributed by atoms with Gasteiger partial charge in [-0.05, 0) is 50.0 Å². The zero-order valence-electron chi connectivity index (χ0n) is 16.2. The van der Waals surface area contributed by atoms with Crippen LogP contribution in [0.1, 0.15) is 33.1 Å². The van der Waals surface area contributed by atoms with Gasteiger partial charge in [-0.1, -0.05) is 6.92 Å². The Hall–Kier alpha value is -1.02. The number of hydrogen-bond donors (Lipinski definition) is 0. The number of carbonyl (C=O) groups is 1. The van der Waals surface area contributed by atoms with Crippen LogP contribution in [-0.4, -0.2) is 84.9 Å². The fraction of sp³-hybridized carbons (Fsp3) is 0.947. The summed E-state index contributed by atoms with van der Waals surface area (Å²) >= 11 is 0. The van der Waals surface area contributed by atoms with Crippen molar-refractivity contribution in [2.75, 3.05) is 45.9 Å². The van der Waals surface area contributed by atoms with Crippen LogP contribution < -0.4 is 0 Å². The van der Waals surface area contributed by atoms with Crippen LogP contribution in [0.25, 0.3) is 0 Å². The van der Waals surface area contributed by atoms with Gasteiger partial charge in [0, 0.05) is 38.3 Å². The number of amides is 1. The van der Waals surface area contributed by atoms with E-state index in [1.807, 2.05) is 18.7 Å². The van der Waals surface area contributed by atoms with E-state index in [2.05, 4.69) is 4.90 Å². The molecule has 2 aliphatic carbocycles. The molecule has 0 N–H and O–H groups in total. The maximum atomic E-state index is 12.7. The minimum Gasteiger partial charge on any atom is -0.450 e. The monoisotopic (exact) mass is 389 g/mol. The van der Waals surface area contributed by atoms with E-state index in [1.165, 1.54) is 0 Å². The maximum absolute atomic E-state index is 12.7. The number of carbonyl (C=O) groups excluding carboxylic acids is 1. The molecule has 2 heterocycles. The second-order valence-electron chi connectivity index (χ2n) is 8.88. The number of piperidine rings is 1. The third-order valence-corrected chi connectivity index (χ3v) is 7.21. The number of fused-ring (bicyclic) bond motifs is 1. The van der Waals surface area contributed by atoms with E-state index in [0.29, 0.717) is 31.0 Å². The van der Waals surface area contributed by atoms with Gasteiger partial charge in [0.1, 0.15) is 0 Å². The molecule has 2 aliphatic heterocycles. The van der Waals surface area contributed by atoms with Crippen LogP contribution in [0, 0.1) is 17.3 Å². The highest BCUT2D eigenvalue weighted by molar-refractivity contribution is 5.68. The number of ether oxygens (including phenoxy) is 1. The molecule has 0 aromatic heterocycles. The van der Waals surface area contributed by atoms with Crippen molar-refractivity contribution in [3.63, 3.8) is 0 Å². The standard InChI is InChI=1S/C19H30F3N3O2/c1-3-23(12-19(20,21)22)16-14-9-25(10-15(14)16)13-7-18(8-13)5-6-24(11-18)17(26)27-4-2/h13-16H,3-12H2,1-2H3/t13?,14-,15?,16?,18?/m0/s1. The predicted octanol–water partition coefficient (Wildman–Crippen LogP) is 2.81. The van der Waals surface area contributed by atoms with E-state index < -0.39 is 12.7 Å². The molecule has 1 spiro atoms. The molecule has 1 amide bonds. The summed E-state index contributed by atoms with van der Waals surface area (Å²) in [5.41, 5.74) is 0.245. The summed E-state index contributed by atoms with van der Waals surface area (Å²) in [6.45, 7) is 7.18. The number of nitrogens with zero attached hydrogens (tertiary/aromatic N) is 3. The first-order valence-corrected chi connectivity index (χ1v) is 10.2. The molecule has 8 heteroatoms. The van der Waals surface area contributed by atoms with Crippen LogP contribution in [-0.2, 0) is 4.74 Å². The molecule has 4 fully saturated rings. The number of likely N-dealkylation sites (tertiary alicyclic amines) is 2. The van der Waals surface area contributed by atoms with Crippen molar-refractivity contribution >= 4 is 6.09 Å².